The van der Waals surface area contributed by atoms with Crippen molar-refractivity contribution in [1.82, 2.24) is 0 Å². The van der Waals surface area contributed by atoms with Crippen molar-refractivity contribution in [2.45, 2.75) is 32.2 Å². The molecule has 14 heavy (non-hydrogen) atoms. The molecule has 0 unspecified atom stereocenters. The minimum Gasteiger partial charge on any atom is -0.399 e. The molecule has 1 heterocycles. The third-order valence-electron chi connectivity index (χ3n) is 3.08. The first-order valence-electron chi connectivity index (χ1n) is 5.23. The Morgan fingerprint density at radius 2 is 2.14 bits per heavy atom. The van der Waals surface area contributed by atoms with Crippen molar-refractivity contribution in [3.8, 4) is 0 Å². The summed E-state index contributed by atoms with van der Waals surface area (Å²) in [5.41, 5.74) is 8.18. The maximum Gasteiger partial charge on any atom is 0.0391 e. The number of nitrogens with two attached hydrogens (primary N) is 1. The number of anilines is 2. The molecule has 1 aromatic carbocycles. The van der Waals surface area contributed by atoms with Gasteiger partial charge in [-0.3, -0.25) is 0 Å². The summed E-state index contributed by atoms with van der Waals surface area (Å²) in [6.45, 7) is 5.74. The van der Waals surface area contributed by atoms with E-state index in [9.17, 15) is 0 Å². The van der Waals surface area contributed by atoms with Crippen molar-refractivity contribution in [1.29, 1.82) is 0 Å². The van der Waals surface area contributed by atoms with Gasteiger partial charge in [0.25, 0.3) is 0 Å². The van der Waals surface area contributed by atoms with Crippen LogP contribution in [0.1, 0.15) is 26.7 Å². The van der Waals surface area contributed by atoms with Gasteiger partial charge in [0.2, 0.25) is 0 Å². The topological polar surface area (TPSA) is 29.3 Å². The van der Waals surface area contributed by atoms with Crippen LogP contribution in [0.15, 0.2) is 24.3 Å². The second-order valence-corrected chi connectivity index (χ2v) is 4.66. The molecule has 1 aliphatic heterocycles. The van der Waals surface area contributed by atoms with Gasteiger partial charge in [-0.05, 0) is 44.9 Å². The molecule has 1 fully saturated rings. The van der Waals surface area contributed by atoms with Gasteiger partial charge in [0.15, 0.2) is 0 Å². The molecule has 76 valence electrons. The molecule has 0 spiro atoms. The van der Waals surface area contributed by atoms with E-state index in [-0.39, 0.29) is 5.54 Å². The first-order chi connectivity index (χ1) is 6.59. The molecule has 1 aliphatic rings. The molecule has 0 atom stereocenters. The number of nitrogens with zero attached hydrogens (tertiary/aromatic N) is 1. The van der Waals surface area contributed by atoms with Crippen LogP contribution >= 0.6 is 0 Å². The number of hydrogen-bond donors (Lipinski definition) is 1. The van der Waals surface area contributed by atoms with E-state index in [0.717, 1.165) is 12.2 Å². The summed E-state index contributed by atoms with van der Waals surface area (Å²) in [5, 5.41) is 0. The predicted octanol–water partition coefficient (Wildman–Crippen LogP) is 2.65. The van der Waals surface area contributed by atoms with Gasteiger partial charge in [-0.1, -0.05) is 6.07 Å². The van der Waals surface area contributed by atoms with Crippen LogP contribution < -0.4 is 10.6 Å². The second-order valence-electron chi connectivity index (χ2n) is 4.66. The highest BCUT2D eigenvalue weighted by atomic mass is 15.2. The van der Waals surface area contributed by atoms with Gasteiger partial charge in [-0.2, -0.15) is 0 Å². The van der Waals surface area contributed by atoms with Crippen molar-refractivity contribution in [2.24, 2.45) is 0 Å². The predicted molar refractivity (Wildman–Crippen MR) is 61.5 cm³/mol. The van der Waals surface area contributed by atoms with E-state index in [1.54, 1.807) is 0 Å². The third kappa shape index (κ3) is 1.57. The highest BCUT2D eigenvalue weighted by Gasteiger charge is 2.31. The van der Waals surface area contributed by atoms with Crippen molar-refractivity contribution in [2.75, 3.05) is 17.2 Å². The lowest BCUT2D eigenvalue weighted by Gasteiger charge is -2.33. The van der Waals surface area contributed by atoms with E-state index >= 15 is 0 Å². The Labute approximate surface area is 85.7 Å². The van der Waals surface area contributed by atoms with E-state index in [2.05, 4.69) is 30.9 Å². The number of benzene rings is 1. The lowest BCUT2D eigenvalue weighted by atomic mass is 10.0. The number of hydrogen-bond acceptors (Lipinski definition) is 2. The van der Waals surface area contributed by atoms with Gasteiger partial charge in [0.1, 0.15) is 0 Å². The van der Waals surface area contributed by atoms with Crippen LogP contribution in [-0.2, 0) is 0 Å². The van der Waals surface area contributed by atoms with E-state index in [1.807, 2.05) is 12.1 Å². The van der Waals surface area contributed by atoms with Crippen LogP contribution in [0.5, 0.6) is 0 Å². The summed E-state index contributed by atoms with van der Waals surface area (Å²) in [7, 11) is 0. The van der Waals surface area contributed by atoms with Gasteiger partial charge in [0.05, 0.1) is 0 Å². The van der Waals surface area contributed by atoms with Crippen molar-refractivity contribution in [3.63, 3.8) is 0 Å². The molecule has 0 bridgehead atoms. The molecule has 1 saturated heterocycles. The summed E-state index contributed by atoms with van der Waals surface area (Å²) in [6.07, 6.45) is 2.55. The van der Waals surface area contributed by atoms with Crippen molar-refractivity contribution in [3.05, 3.63) is 24.3 Å². The van der Waals surface area contributed by atoms with E-state index in [4.69, 9.17) is 5.73 Å². The lowest BCUT2D eigenvalue weighted by molar-refractivity contribution is 0.518. The highest BCUT2D eigenvalue weighted by molar-refractivity contribution is 5.57. The molecule has 2 rings (SSSR count). The van der Waals surface area contributed by atoms with Crippen LogP contribution in [0.2, 0.25) is 0 Å². The summed E-state index contributed by atoms with van der Waals surface area (Å²) in [5.74, 6) is 0. The Kier molecular flexibility index (Phi) is 2.14. The third-order valence-corrected chi connectivity index (χ3v) is 3.08. The van der Waals surface area contributed by atoms with Crippen molar-refractivity contribution < 1.29 is 0 Å². The number of rotatable bonds is 1. The summed E-state index contributed by atoms with van der Waals surface area (Å²) in [4.78, 5) is 2.45. The van der Waals surface area contributed by atoms with Crippen LogP contribution in [0, 0.1) is 0 Å². The minimum atomic E-state index is 0.286. The van der Waals surface area contributed by atoms with Gasteiger partial charge >= 0.3 is 0 Å². The van der Waals surface area contributed by atoms with E-state index < -0.39 is 0 Å². The Balaban J connectivity index is 2.31. The Morgan fingerprint density at radius 1 is 1.36 bits per heavy atom. The fourth-order valence-corrected chi connectivity index (χ4v) is 2.28. The molecule has 0 aromatic heterocycles. The summed E-state index contributed by atoms with van der Waals surface area (Å²) >= 11 is 0. The molecule has 2 heteroatoms. The SMILES string of the molecule is CC1(C)CCCN1c1cccc(N)c1. The van der Waals surface area contributed by atoms with Gasteiger partial charge in [-0.15, -0.1) is 0 Å². The summed E-state index contributed by atoms with van der Waals surface area (Å²) < 4.78 is 0. The molecule has 0 radical (unpaired) electrons. The molecule has 0 aliphatic carbocycles. The van der Waals surface area contributed by atoms with Crippen LogP contribution in [0.4, 0.5) is 11.4 Å². The molecule has 1 aromatic rings. The quantitative estimate of drug-likeness (QED) is 0.690. The average Bonchev–Trinajstić information content (AvgIpc) is 2.45. The average molecular weight is 190 g/mol. The fraction of sp³-hybridized carbons (Fsp3) is 0.500. The van der Waals surface area contributed by atoms with Gasteiger partial charge in [0, 0.05) is 23.5 Å². The van der Waals surface area contributed by atoms with E-state index in [1.165, 1.54) is 18.5 Å². The maximum atomic E-state index is 5.79. The van der Waals surface area contributed by atoms with Crippen LogP contribution in [0.3, 0.4) is 0 Å². The normalized spacial score (nSPS) is 20.0. The van der Waals surface area contributed by atoms with Crippen LogP contribution in [-0.4, -0.2) is 12.1 Å². The van der Waals surface area contributed by atoms with Gasteiger partial charge in [-0.25, -0.2) is 0 Å². The first kappa shape index (κ1) is 9.38. The number of nitrogen functional groups attached to an aromatic ring is 1. The lowest BCUT2D eigenvalue weighted by Crippen LogP contribution is -2.38. The van der Waals surface area contributed by atoms with Crippen LogP contribution in [0.25, 0.3) is 0 Å². The Morgan fingerprint density at radius 3 is 2.71 bits per heavy atom. The highest BCUT2D eigenvalue weighted by Crippen LogP contribution is 2.33. The zero-order valence-electron chi connectivity index (χ0n) is 8.96. The second kappa shape index (κ2) is 3.19. The standard InChI is InChI=1S/C12H18N2/c1-12(2)7-4-8-14(12)11-6-3-5-10(13)9-11/h3,5-6,9H,4,7-8,13H2,1-2H3. The van der Waals surface area contributed by atoms with Gasteiger partial charge < -0.3 is 10.6 Å². The molecular formula is C12H18N2. The smallest absolute Gasteiger partial charge is 0.0391 e. The zero-order chi connectivity index (χ0) is 10.2. The first-order valence-corrected chi connectivity index (χ1v) is 5.23. The maximum absolute atomic E-state index is 5.79. The molecular weight excluding hydrogens is 172 g/mol. The largest absolute Gasteiger partial charge is 0.399 e. The monoisotopic (exact) mass is 190 g/mol. The fourth-order valence-electron chi connectivity index (χ4n) is 2.28. The minimum absolute atomic E-state index is 0.286. The summed E-state index contributed by atoms with van der Waals surface area (Å²) in [6, 6.07) is 8.17. The molecule has 0 saturated carbocycles. The van der Waals surface area contributed by atoms with Crippen molar-refractivity contribution >= 4 is 11.4 Å². The zero-order valence-corrected chi connectivity index (χ0v) is 8.96. The molecule has 0 amide bonds. The Bertz CT molecular complexity index is 331. The van der Waals surface area contributed by atoms with E-state index in [0.29, 0.717) is 0 Å². The Hall–Kier alpha value is -1.18. The molecule has 2 nitrogen and oxygen atoms in total. The molecule has 2 N–H and O–H groups in total.